The molecule has 4 rings (SSSR count). The Kier molecular flexibility index (Phi) is 8.10. The average Bonchev–Trinajstić information content (AvgIpc) is 3.20. The molecule has 208 valence electrons. The van der Waals surface area contributed by atoms with Crippen LogP contribution >= 0.6 is 0 Å². The third-order valence-electron chi connectivity index (χ3n) is 6.04. The summed E-state index contributed by atoms with van der Waals surface area (Å²) in [7, 11) is -4.42. The highest BCUT2D eigenvalue weighted by Crippen LogP contribution is 2.33. The number of hydrogen-bond donors (Lipinski definition) is 1. The standard InChI is InChI=1S/C28H24F4N4O3S/c1-19-15-21(20(2)36(19)26-14-7-6-13-25(26)29)17-33-34-27(37)18-35(40(38,39)24-11-4-3-5-12-24)23-10-8-9-22(16-23)28(30,31)32/h3-17H,18H2,1-2H3,(H,34,37)/b33-17+. The highest BCUT2D eigenvalue weighted by Gasteiger charge is 2.33. The number of carbonyl (C=O) groups is 1. The van der Waals surface area contributed by atoms with E-state index >= 15 is 0 Å². The van der Waals surface area contributed by atoms with Crippen LogP contribution in [-0.2, 0) is 21.0 Å². The SMILES string of the molecule is Cc1cc(/C=N/NC(=O)CN(c2cccc(C(F)(F)F)c2)S(=O)(=O)c2ccccc2)c(C)n1-c1ccccc1F. The van der Waals surface area contributed by atoms with Gasteiger partial charge >= 0.3 is 6.18 Å². The predicted octanol–water partition coefficient (Wildman–Crippen LogP) is 5.60. The molecule has 0 radical (unpaired) electrons. The number of halogens is 4. The number of sulfonamides is 1. The normalized spacial score (nSPS) is 12.1. The van der Waals surface area contributed by atoms with Gasteiger partial charge in [0.25, 0.3) is 15.9 Å². The van der Waals surface area contributed by atoms with E-state index in [2.05, 4.69) is 10.5 Å². The Hall–Kier alpha value is -4.45. The summed E-state index contributed by atoms with van der Waals surface area (Å²) in [6.07, 6.45) is -3.41. The van der Waals surface area contributed by atoms with Crippen molar-refractivity contribution in [1.82, 2.24) is 9.99 Å². The number of anilines is 1. The summed E-state index contributed by atoms with van der Waals surface area (Å²) in [4.78, 5) is 12.6. The van der Waals surface area contributed by atoms with Crippen molar-refractivity contribution in [1.29, 1.82) is 0 Å². The molecule has 0 aliphatic heterocycles. The summed E-state index contributed by atoms with van der Waals surface area (Å²) in [5.41, 5.74) is 3.06. The van der Waals surface area contributed by atoms with Gasteiger partial charge in [-0.1, -0.05) is 36.4 Å². The number of aryl methyl sites for hydroxylation is 1. The van der Waals surface area contributed by atoms with Crippen molar-refractivity contribution in [2.45, 2.75) is 24.9 Å². The fraction of sp³-hybridized carbons (Fsp3) is 0.143. The Morgan fingerprint density at radius 1 is 0.975 bits per heavy atom. The molecule has 0 aliphatic carbocycles. The Labute approximate surface area is 228 Å². The third kappa shape index (κ3) is 6.07. The van der Waals surface area contributed by atoms with Gasteiger partial charge in [0.05, 0.1) is 28.0 Å². The zero-order valence-electron chi connectivity index (χ0n) is 21.4. The van der Waals surface area contributed by atoms with Crippen molar-refractivity contribution in [2.75, 3.05) is 10.8 Å². The van der Waals surface area contributed by atoms with Crippen LogP contribution in [0.5, 0.6) is 0 Å². The van der Waals surface area contributed by atoms with Gasteiger partial charge in [-0.15, -0.1) is 0 Å². The lowest BCUT2D eigenvalue weighted by Crippen LogP contribution is -2.39. The molecule has 1 heterocycles. The molecule has 0 spiro atoms. The van der Waals surface area contributed by atoms with E-state index in [0.717, 1.165) is 12.1 Å². The molecule has 1 amide bonds. The van der Waals surface area contributed by atoms with Crippen LogP contribution in [0.25, 0.3) is 5.69 Å². The molecule has 0 saturated carbocycles. The second kappa shape index (κ2) is 11.3. The molecule has 0 atom stereocenters. The largest absolute Gasteiger partial charge is 0.416 e. The van der Waals surface area contributed by atoms with Gasteiger partial charge in [-0.05, 0) is 62.4 Å². The zero-order valence-corrected chi connectivity index (χ0v) is 22.2. The maximum absolute atomic E-state index is 14.3. The van der Waals surface area contributed by atoms with Gasteiger partial charge in [0.1, 0.15) is 12.4 Å². The molecule has 0 bridgehead atoms. The van der Waals surface area contributed by atoms with E-state index in [4.69, 9.17) is 0 Å². The number of nitrogens with one attached hydrogen (secondary N) is 1. The number of hydrogen-bond acceptors (Lipinski definition) is 4. The summed E-state index contributed by atoms with van der Waals surface area (Å²) in [6.45, 7) is 2.67. The Balaban J connectivity index is 1.60. The molecule has 4 aromatic rings. The second-order valence-corrected chi connectivity index (χ2v) is 10.6. The van der Waals surface area contributed by atoms with E-state index < -0.39 is 40.0 Å². The molecule has 0 saturated heterocycles. The molecule has 7 nitrogen and oxygen atoms in total. The van der Waals surface area contributed by atoms with Crippen molar-refractivity contribution in [3.05, 3.63) is 113 Å². The number of nitrogens with zero attached hydrogens (tertiary/aromatic N) is 3. The number of carbonyl (C=O) groups excluding carboxylic acids is 1. The van der Waals surface area contributed by atoms with E-state index in [9.17, 15) is 30.8 Å². The maximum Gasteiger partial charge on any atom is 0.416 e. The van der Waals surface area contributed by atoms with Gasteiger partial charge < -0.3 is 4.57 Å². The molecular weight excluding hydrogens is 548 g/mol. The lowest BCUT2D eigenvalue weighted by Gasteiger charge is -2.24. The number of para-hydroxylation sites is 1. The van der Waals surface area contributed by atoms with Crippen LogP contribution in [0.4, 0.5) is 23.2 Å². The van der Waals surface area contributed by atoms with E-state index in [1.807, 2.05) is 0 Å². The average molecular weight is 573 g/mol. The van der Waals surface area contributed by atoms with E-state index in [-0.39, 0.29) is 10.6 Å². The first-order valence-electron chi connectivity index (χ1n) is 11.9. The van der Waals surface area contributed by atoms with Gasteiger partial charge in [0.15, 0.2) is 0 Å². The van der Waals surface area contributed by atoms with Crippen LogP contribution in [0.2, 0.25) is 0 Å². The highest BCUT2D eigenvalue weighted by molar-refractivity contribution is 7.92. The summed E-state index contributed by atoms with van der Waals surface area (Å²) >= 11 is 0. The van der Waals surface area contributed by atoms with Crippen molar-refractivity contribution in [3.63, 3.8) is 0 Å². The summed E-state index contributed by atoms with van der Waals surface area (Å²) in [6, 6.07) is 18.7. The number of amides is 1. The number of alkyl halides is 3. The number of benzene rings is 3. The summed E-state index contributed by atoms with van der Waals surface area (Å²) in [5.74, 6) is -1.31. The lowest BCUT2D eigenvalue weighted by molar-refractivity contribution is -0.137. The number of rotatable bonds is 8. The maximum atomic E-state index is 14.3. The van der Waals surface area contributed by atoms with E-state index in [1.165, 1.54) is 42.6 Å². The van der Waals surface area contributed by atoms with Gasteiger partial charge in [-0.25, -0.2) is 18.2 Å². The zero-order chi connectivity index (χ0) is 29.1. The van der Waals surface area contributed by atoms with Gasteiger partial charge in [-0.3, -0.25) is 9.10 Å². The van der Waals surface area contributed by atoms with E-state index in [0.29, 0.717) is 33.0 Å². The molecular formula is C28H24F4N4O3S. The summed E-state index contributed by atoms with van der Waals surface area (Å²) in [5, 5.41) is 3.90. The Morgan fingerprint density at radius 2 is 1.65 bits per heavy atom. The number of hydrazone groups is 1. The molecule has 0 aliphatic rings. The van der Waals surface area contributed by atoms with Crippen LogP contribution in [0.3, 0.4) is 0 Å². The van der Waals surface area contributed by atoms with Gasteiger partial charge in [-0.2, -0.15) is 18.3 Å². The topological polar surface area (TPSA) is 83.8 Å². The molecule has 1 N–H and O–H groups in total. The van der Waals surface area contributed by atoms with Gasteiger partial charge in [0.2, 0.25) is 0 Å². The van der Waals surface area contributed by atoms with Crippen molar-refractivity contribution >= 4 is 27.8 Å². The molecule has 12 heteroatoms. The minimum Gasteiger partial charge on any atom is -0.315 e. The van der Waals surface area contributed by atoms with Crippen molar-refractivity contribution < 1.29 is 30.8 Å². The van der Waals surface area contributed by atoms with Crippen LogP contribution < -0.4 is 9.73 Å². The third-order valence-corrected chi connectivity index (χ3v) is 7.82. The van der Waals surface area contributed by atoms with Crippen LogP contribution in [0.1, 0.15) is 22.5 Å². The quantitative estimate of drug-likeness (QED) is 0.170. The van der Waals surface area contributed by atoms with Crippen LogP contribution in [0.15, 0.2) is 94.9 Å². The molecule has 1 aromatic heterocycles. The predicted molar refractivity (Wildman–Crippen MR) is 143 cm³/mol. The first-order valence-corrected chi connectivity index (χ1v) is 13.3. The van der Waals surface area contributed by atoms with Crippen LogP contribution in [0, 0.1) is 19.7 Å². The molecule has 0 fully saturated rings. The fourth-order valence-electron chi connectivity index (χ4n) is 4.13. The highest BCUT2D eigenvalue weighted by atomic mass is 32.2. The second-order valence-electron chi connectivity index (χ2n) is 8.78. The first kappa shape index (κ1) is 28.6. The Morgan fingerprint density at radius 3 is 2.33 bits per heavy atom. The Bertz CT molecular complexity index is 1670. The van der Waals surface area contributed by atoms with Crippen molar-refractivity contribution in [2.24, 2.45) is 5.10 Å². The monoisotopic (exact) mass is 572 g/mol. The lowest BCUT2D eigenvalue weighted by atomic mass is 10.2. The summed E-state index contributed by atoms with van der Waals surface area (Å²) < 4.78 is 83.4. The molecule has 0 unspecified atom stereocenters. The molecule has 40 heavy (non-hydrogen) atoms. The van der Waals surface area contributed by atoms with Gasteiger partial charge in [0, 0.05) is 17.0 Å². The minimum atomic E-state index is -4.72. The van der Waals surface area contributed by atoms with E-state index in [1.54, 1.807) is 48.7 Å². The van der Waals surface area contributed by atoms with Crippen LogP contribution in [-0.4, -0.2) is 31.7 Å². The fourth-order valence-corrected chi connectivity index (χ4v) is 5.57. The smallest absolute Gasteiger partial charge is 0.315 e. The molecule has 3 aromatic carbocycles. The van der Waals surface area contributed by atoms with Crippen molar-refractivity contribution in [3.8, 4) is 5.69 Å². The minimum absolute atomic E-state index is 0.204. The number of aromatic nitrogens is 1. The first-order chi connectivity index (χ1) is 18.9.